The summed E-state index contributed by atoms with van der Waals surface area (Å²) in [6, 6.07) is 7.01. The first kappa shape index (κ1) is 20.8. The zero-order chi connectivity index (χ0) is 20.1. The van der Waals surface area contributed by atoms with Crippen molar-refractivity contribution >= 4 is 32.5 Å². The van der Waals surface area contributed by atoms with Crippen LogP contribution in [0.5, 0.6) is 0 Å². The molecular weight excluding hydrogens is 402 g/mol. The smallest absolute Gasteiger partial charge is 0.219 e. The molecule has 3 N–H and O–H groups in total. The SMILES string of the molecule is O=S(=O)=C1C=C(CCNCC(O)O)C=CC1N1CCC(c2ccc(Cl)cc2)=N1. The minimum atomic E-state index is -2.36. The summed E-state index contributed by atoms with van der Waals surface area (Å²) in [6.07, 6.45) is 5.31. The van der Waals surface area contributed by atoms with Gasteiger partial charge in [0.05, 0.1) is 5.71 Å². The predicted octanol–water partition coefficient (Wildman–Crippen LogP) is 0.957. The average Bonchev–Trinajstić information content (AvgIpc) is 3.15. The molecule has 0 amide bonds. The minimum absolute atomic E-state index is 0.0691. The lowest BCUT2D eigenvalue weighted by Crippen LogP contribution is -2.36. The van der Waals surface area contributed by atoms with Crippen LogP contribution >= 0.6 is 11.6 Å². The molecule has 1 aliphatic heterocycles. The van der Waals surface area contributed by atoms with Crippen molar-refractivity contribution in [1.29, 1.82) is 0 Å². The van der Waals surface area contributed by atoms with Crippen LogP contribution in [-0.2, 0) is 10.3 Å². The fourth-order valence-electron chi connectivity index (χ4n) is 3.16. The molecule has 1 aromatic rings. The summed E-state index contributed by atoms with van der Waals surface area (Å²) in [6.45, 7) is 1.21. The van der Waals surface area contributed by atoms with Crippen LogP contribution in [-0.4, -0.2) is 66.2 Å². The Morgan fingerprint density at radius 1 is 1.29 bits per heavy atom. The number of hydrogen-bond acceptors (Lipinski definition) is 7. The molecule has 1 aliphatic carbocycles. The maximum atomic E-state index is 11.8. The number of halogens is 1. The van der Waals surface area contributed by atoms with Gasteiger partial charge in [0.1, 0.15) is 10.9 Å². The van der Waals surface area contributed by atoms with Gasteiger partial charge in [-0.3, -0.25) is 5.01 Å². The lowest BCUT2D eigenvalue weighted by atomic mass is 10.00. The van der Waals surface area contributed by atoms with E-state index in [0.717, 1.165) is 23.3 Å². The zero-order valence-electron chi connectivity index (χ0n) is 15.1. The van der Waals surface area contributed by atoms with Gasteiger partial charge in [-0.15, -0.1) is 0 Å². The van der Waals surface area contributed by atoms with Crippen LogP contribution in [0.4, 0.5) is 0 Å². The van der Waals surface area contributed by atoms with E-state index in [0.29, 0.717) is 24.5 Å². The molecule has 28 heavy (non-hydrogen) atoms. The number of nitrogens with zero attached hydrogens (tertiary/aromatic N) is 2. The second kappa shape index (κ2) is 9.49. The van der Waals surface area contributed by atoms with Gasteiger partial charge in [0.15, 0.2) is 6.29 Å². The molecule has 0 radical (unpaired) electrons. The number of hydrogen-bond donors (Lipinski definition) is 3. The third-order valence-electron chi connectivity index (χ3n) is 4.55. The van der Waals surface area contributed by atoms with E-state index in [-0.39, 0.29) is 11.4 Å². The molecule has 1 unspecified atom stereocenters. The summed E-state index contributed by atoms with van der Waals surface area (Å²) in [5.41, 5.74) is 2.74. The highest BCUT2D eigenvalue weighted by atomic mass is 35.5. The van der Waals surface area contributed by atoms with E-state index < -0.39 is 22.6 Å². The number of benzene rings is 1. The molecule has 1 heterocycles. The van der Waals surface area contributed by atoms with Crippen molar-refractivity contribution in [2.24, 2.45) is 5.10 Å². The molecular formula is C19H22ClN3O4S. The Hall–Kier alpha value is -1.97. The largest absolute Gasteiger partial charge is 0.367 e. The first-order valence-corrected chi connectivity index (χ1v) is 10.4. The second-order valence-corrected chi connectivity index (χ2v) is 7.94. The van der Waals surface area contributed by atoms with E-state index in [2.05, 4.69) is 10.4 Å². The summed E-state index contributed by atoms with van der Waals surface area (Å²) in [7, 11) is -2.36. The molecule has 0 aromatic heterocycles. The van der Waals surface area contributed by atoms with E-state index in [1.54, 1.807) is 11.1 Å². The number of nitrogens with one attached hydrogen (secondary N) is 1. The van der Waals surface area contributed by atoms with E-state index in [1.165, 1.54) is 0 Å². The summed E-state index contributed by atoms with van der Waals surface area (Å²) >= 11 is 5.93. The Labute approximate surface area is 170 Å². The van der Waals surface area contributed by atoms with E-state index in [1.807, 2.05) is 36.4 Å². The fourth-order valence-corrected chi connectivity index (χ4v) is 3.93. The van der Waals surface area contributed by atoms with Crippen molar-refractivity contribution in [3.05, 3.63) is 58.7 Å². The molecule has 0 saturated heterocycles. The number of rotatable bonds is 7. The number of aliphatic hydroxyl groups is 2. The highest BCUT2D eigenvalue weighted by molar-refractivity contribution is 7.73. The molecule has 0 fully saturated rings. The van der Waals surface area contributed by atoms with Gasteiger partial charge < -0.3 is 15.5 Å². The number of aliphatic hydroxyl groups excluding tert-OH is 1. The summed E-state index contributed by atoms with van der Waals surface area (Å²) < 4.78 is 23.6. The van der Waals surface area contributed by atoms with Crippen molar-refractivity contribution in [2.45, 2.75) is 25.2 Å². The summed E-state index contributed by atoms with van der Waals surface area (Å²) in [4.78, 5) is 0.279. The highest BCUT2D eigenvalue weighted by Crippen LogP contribution is 2.22. The van der Waals surface area contributed by atoms with Gasteiger partial charge in [-0.25, -0.2) is 0 Å². The molecule has 0 saturated carbocycles. The lowest BCUT2D eigenvalue weighted by molar-refractivity contribution is -0.0369. The van der Waals surface area contributed by atoms with E-state index in [9.17, 15) is 8.42 Å². The minimum Gasteiger partial charge on any atom is -0.367 e. The standard InChI is InChI=1S/C19H22ClN3O4S/c20-15-4-2-14(3-5-15)16-8-10-23(22-16)17-6-1-13(11-18(17)28(26)27)7-9-21-12-19(24)25/h1-6,11,17,19,21,24-25H,7-10,12H2. The Balaban J connectivity index is 1.70. The van der Waals surface area contributed by atoms with Gasteiger partial charge in [-0.2, -0.15) is 13.5 Å². The van der Waals surface area contributed by atoms with Crippen molar-refractivity contribution in [3.8, 4) is 0 Å². The van der Waals surface area contributed by atoms with Gasteiger partial charge in [0.2, 0.25) is 10.3 Å². The van der Waals surface area contributed by atoms with Gasteiger partial charge in [0, 0.05) is 24.5 Å². The fraction of sp³-hybridized carbons (Fsp3) is 0.368. The van der Waals surface area contributed by atoms with E-state index in [4.69, 9.17) is 21.8 Å². The average molecular weight is 424 g/mol. The molecule has 9 heteroatoms. The van der Waals surface area contributed by atoms with Crippen molar-refractivity contribution in [1.82, 2.24) is 10.3 Å². The molecule has 150 valence electrons. The van der Waals surface area contributed by atoms with Gasteiger partial charge in [-0.1, -0.05) is 35.9 Å². The number of hydrazone groups is 1. The normalized spacial score (nSPS) is 19.2. The molecule has 2 aliphatic rings. The van der Waals surface area contributed by atoms with Crippen molar-refractivity contribution in [2.75, 3.05) is 19.6 Å². The van der Waals surface area contributed by atoms with Crippen LogP contribution in [0.2, 0.25) is 5.02 Å². The van der Waals surface area contributed by atoms with Crippen LogP contribution in [0.3, 0.4) is 0 Å². The Kier molecular flexibility index (Phi) is 7.03. The first-order chi connectivity index (χ1) is 13.4. The van der Waals surface area contributed by atoms with Crippen molar-refractivity contribution in [3.63, 3.8) is 0 Å². The molecule has 1 atom stereocenters. The second-order valence-electron chi connectivity index (χ2n) is 6.56. The van der Waals surface area contributed by atoms with Gasteiger partial charge in [0.25, 0.3) is 0 Å². The van der Waals surface area contributed by atoms with Gasteiger partial charge in [-0.05, 0) is 42.3 Å². The molecule has 1 aromatic carbocycles. The highest BCUT2D eigenvalue weighted by Gasteiger charge is 2.27. The first-order valence-electron chi connectivity index (χ1n) is 8.96. The third kappa shape index (κ3) is 5.30. The van der Waals surface area contributed by atoms with Crippen LogP contribution < -0.4 is 5.32 Å². The monoisotopic (exact) mass is 423 g/mol. The molecule has 0 spiro atoms. The zero-order valence-corrected chi connectivity index (χ0v) is 16.7. The van der Waals surface area contributed by atoms with E-state index >= 15 is 0 Å². The third-order valence-corrected chi connectivity index (χ3v) is 5.54. The topological polar surface area (TPSA) is 102 Å². The lowest BCUT2D eigenvalue weighted by Gasteiger charge is -2.25. The Morgan fingerprint density at radius 3 is 2.71 bits per heavy atom. The molecule has 7 nitrogen and oxygen atoms in total. The van der Waals surface area contributed by atoms with Crippen LogP contribution in [0.15, 0.2) is 53.2 Å². The van der Waals surface area contributed by atoms with Gasteiger partial charge >= 0.3 is 0 Å². The summed E-state index contributed by atoms with van der Waals surface area (Å²) in [5.74, 6) is 0. The maximum Gasteiger partial charge on any atom is 0.219 e. The van der Waals surface area contributed by atoms with Crippen LogP contribution in [0, 0.1) is 0 Å². The maximum absolute atomic E-state index is 11.8. The number of allylic oxidation sites excluding steroid dienone is 1. The van der Waals surface area contributed by atoms with Crippen LogP contribution in [0.25, 0.3) is 0 Å². The predicted molar refractivity (Wildman–Crippen MR) is 110 cm³/mol. The molecule has 3 rings (SSSR count). The molecule has 0 bridgehead atoms. The summed E-state index contributed by atoms with van der Waals surface area (Å²) in [5, 5.41) is 27.6. The Bertz CT molecular complexity index is 928. The quantitative estimate of drug-likeness (QED) is 0.343. The Morgan fingerprint density at radius 2 is 2.04 bits per heavy atom. The van der Waals surface area contributed by atoms with Crippen molar-refractivity contribution < 1.29 is 18.6 Å². The van der Waals surface area contributed by atoms with Crippen LogP contribution in [0.1, 0.15) is 18.4 Å².